The lowest BCUT2D eigenvalue weighted by atomic mass is 9.75. The summed E-state index contributed by atoms with van der Waals surface area (Å²) >= 11 is 0. The van der Waals surface area contributed by atoms with Gasteiger partial charge in [-0.05, 0) is 92.3 Å². The molecule has 0 bridgehead atoms. The molecule has 2 aromatic rings. The van der Waals surface area contributed by atoms with Gasteiger partial charge in [-0.25, -0.2) is 0 Å². The van der Waals surface area contributed by atoms with Crippen molar-refractivity contribution in [2.24, 2.45) is 0 Å². The molecule has 0 spiro atoms. The Hall–Kier alpha value is -2.09. The van der Waals surface area contributed by atoms with Crippen molar-refractivity contribution >= 4 is 33.0 Å². The van der Waals surface area contributed by atoms with E-state index < -0.39 is 27.1 Å². The molecule has 1 atom stereocenters. The number of anilines is 1. The number of fused-ring (bicyclic) bond motifs is 1. The summed E-state index contributed by atoms with van der Waals surface area (Å²) in [6.45, 7) is 18.8. The van der Waals surface area contributed by atoms with Crippen LogP contribution >= 0.6 is 0 Å². The average molecular weight is 520 g/mol. The highest BCUT2D eigenvalue weighted by molar-refractivity contribution is 6.65. The van der Waals surface area contributed by atoms with E-state index in [1.165, 1.54) is 24.0 Å². The van der Waals surface area contributed by atoms with Crippen LogP contribution in [0.5, 0.6) is 5.75 Å². The van der Waals surface area contributed by atoms with Gasteiger partial charge in [0.05, 0.1) is 23.3 Å². The molecule has 5 rings (SSSR count). The van der Waals surface area contributed by atoms with Crippen LogP contribution in [0.25, 0.3) is 0 Å². The van der Waals surface area contributed by atoms with E-state index in [1.54, 1.807) is 0 Å². The number of carbonyl (C=O) groups excluding carboxylic acids is 1. The van der Waals surface area contributed by atoms with E-state index >= 15 is 0 Å². The van der Waals surface area contributed by atoms with Crippen molar-refractivity contribution in [1.82, 2.24) is 0 Å². The molecule has 2 aliphatic heterocycles. The summed E-state index contributed by atoms with van der Waals surface area (Å²) in [5, 5.41) is 0.248. The predicted octanol–water partition coefficient (Wildman–Crippen LogP) is 5.64. The standard InChI is InChI=1S/C30H42BNO4Si/c1-28(2,3)37(8)19-23-24(31-35-29(4,5)30(6,7)36-31)10-9-11-25(23)32-16-17-34-26-18-21(20-12-13-20)14-15-22(26)27(32)33/h9-11,14-15,18,20,37H,12-13,16-17,19H2,1-8H3. The van der Waals surface area contributed by atoms with E-state index in [-0.39, 0.29) is 10.9 Å². The van der Waals surface area contributed by atoms with Gasteiger partial charge in [-0.15, -0.1) is 0 Å². The Kier molecular flexibility index (Phi) is 6.65. The quantitative estimate of drug-likeness (QED) is 0.480. The summed E-state index contributed by atoms with van der Waals surface area (Å²) in [5.41, 5.74) is 4.26. The minimum Gasteiger partial charge on any atom is -0.491 e. The molecule has 2 heterocycles. The molecule has 5 nitrogen and oxygen atoms in total. The van der Waals surface area contributed by atoms with Crippen LogP contribution in [0.2, 0.25) is 11.6 Å². The summed E-state index contributed by atoms with van der Waals surface area (Å²) < 4.78 is 19.2. The number of benzene rings is 2. The molecule has 1 saturated heterocycles. The van der Waals surface area contributed by atoms with Crippen molar-refractivity contribution in [2.45, 2.75) is 96.1 Å². The summed E-state index contributed by atoms with van der Waals surface area (Å²) in [4.78, 5) is 15.9. The van der Waals surface area contributed by atoms with E-state index in [2.05, 4.69) is 79.3 Å². The zero-order valence-corrected chi connectivity index (χ0v) is 25.0. The minimum absolute atomic E-state index is 0.00671. The predicted molar refractivity (Wildman–Crippen MR) is 154 cm³/mol. The molecule has 37 heavy (non-hydrogen) atoms. The van der Waals surface area contributed by atoms with Crippen LogP contribution in [0.1, 0.15) is 88.7 Å². The monoisotopic (exact) mass is 519 g/mol. The summed E-state index contributed by atoms with van der Waals surface area (Å²) in [5.74, 6) is 1.35. The van der Waals surface area contributed by atoms with Crippen LogP contribution in [0.4, 0.5) is 5.69 Å². The second-order valence-corrected chi connectivity index (χ2v) is 17.2. The lowest BCUT2D eigenvalue weighted by molar-refractivity contribution is 0.00578. The van der Waals surface area contributed by atoms with Gasteiger partial charge in [-0.2, -0.15) is 0 Å². The van der Waals surface area contributed by atoms with Gasteiger partial charge in [0.1, 0.15) is 12.4 Å². The molecular weight excluding hydrogens is 477 g/mol. The first-order valence-electron chi connectivity index (χ1n) is 13.8. The van der Waals surface area contributed by atoms with Gasteiger partial charge in [0.25, 0.3) is 5.91 Å². The highest BCUT2D eigenvalue weighted by Gasteiger charge is 2.52. The molecular formula is C30H42BNO4Si. The molecule has 0 N–H and O–H groups in total. The molecule has 1 amide bonds. The Morgan fingerprint density at radius 3 is 2.35 bits per heavy atom. The Bertz CT molecular complexity index is 1180. The van der Waals surface area contributed by atoms with E-state index in [1.807, 2.05) is 17.0 Å². The summed E-state index contributed by atoms with van der Waals surface area (Å²) in [6, 6.07) is 13.4. The number of rotatable bonds is 5. The highest BCUT2D eigenvalue weighted by Crippen LogP contribution is 2.43. The van der Waals surface area contributed by atoms with Crippen molar-refractivity contribution in [3.63, 3.8) is 0 Å². The number of hydrogen-bond donors (Lipinski definition) is 0. The van der Waals surface area contributed by atoms with Crippen molar-refractivity contribution in [1.29, 1.82) is 0 Å². The molecule has 1 aliphatic carbocycles. The lowest BCUT2D eigenvalue weighted by Crippen LogP contribution is -2.41. The van der Waals surface area contributed by atoms with Gasteiger partial charge >= 0.3 is 7.12 Å². The fourth-order valence-corrected chi connectivity index (χ4v) is 6.77. The lowest BCUT2D eigenvalue weighted by Gasteiger charge is -2.32. The highest BCUT2D eigenvalue weighted by atomic mass is 28.3. The van der Waals surface area contributed by atoms with Crippen molar-refractivity contribution in [2.75, 3.05) is 18.1 Å². The minimum atomic E-state index is -1.23. The molecule has 0 aromatic heterocycles. The first kappa shape index (κ1) is 26.5. The molecule has 1 saturated carbocycles. The number of hydrogen-bond acceptors (Lipinski definition) is 4. The van der Waals surface area contributed by atoms with Crippen LogP contribution in [0.15, 0.2) is 36.4 Å². The van der Waals surface area contributed by atoms with Crippen LogP contribution in [-0.4, -0.2) is 46.2 Å². The van der Waals surface area contributed by atoms with Crippen molar-refractivity contribution in [3.05, 3.63) is 53.1 Å². The van der Waals surface area contributed by atoms with Crippen molar-refractivity contribution in [3.8, 4) is 5.75 Å². The maximum absolute atomic E-state index is 14.0. The van der Waals surface area contributed by atoms with Gasteiger partial charge in [0, 0.05) is 14.5 Å². The Morgan fingerprint density at radius 1 is 1.05 bits per heavy atom. The van der Waals surface area contributed by atoms with Crippen LogP contribution in [0, 0.1) is 0 Å². The second kappa shape index (κ2) is 9.28. The number of nitrogens with zero attached hydrogens (tertiary/aromatic N) is 1. The van der Waals surface area contributed by atoms with Gasteiger partial charge in [0.2, 0.25) is 0 Å². The molecule has 198 valence electrons. The molecule has 2 aromatic carbocycles. The first-order chi connectivity index (χ1) is 17.3. The van der Waals surface area contributed by atoms with E-state index in [0.717, 1.165) is 22.9 Å². The number of ether oxygens (including phenoxy) is 1. The Morgan fingerprint density at radius 2 is 1.73 bits per heavy atom. The third kappa shape index (κ3) is 5.02. The second-order valence-electron chi connectivity index (χ2n) is 13.2. The molecule has 3 aliphatic rings. The van der Waals surface area contributed by atoms with Gasteiger partial charge in [-0.3, -0.25) is 4.79 Å². The SMILES string of the molecule is C[SiH](Cc1c(B2OC(C)(C)C(C)(C)O2)cccc1N1CCOc2cc(C3CC3)ccc2C1=O)C(C)(C)C. The van der Waals surface area contributed by atoms with E-state index in [9.17, 15) is 4.79 Å². The van der Waals surface area contributed by atoms with Gasteiger partial charge < -0.3 is 18.9 Å². The zero-order valence-electron chi connectivity index (χ0n) is 23.8. The molecule has 0 radical (unpaired) electrons. The van der Waals surface area contributed by atoms with Gasteiger partial charge in [0.15, 0.2) is 0 Å². The third-order valence-electron chi connectivity index (χ3n) is 9.08. The molecule has 7 heteroatoms. The number of carbonyl (C=O) groups is 1. The van der Waals surface area contributed by atoms with Crippen LogP contribution in [-0.2, 0) is 15.4 Å². The fourth-order valence-electron chi connectivity index (χ4n) is 5.10. The largest absolute Gasteiger partial charge is 0.495 e. The average Bonchev–Trinajstić information content (AvgIpc) is 3.63. The smallest absolute Gasteiger partial charge is 0.491 e. The maximum atomic E-state index is 14.0. The Labute approximate surface area is 224 Å². The van der Waals surface area contributed by atoms with E-state index in [4.69, 9.17) is 14.0 Å². The Balaban J connectivity index is 1.57. The van der Waals surface area contributed by atoms with Crippen LogP contribution in [0.3, 0.4) is 0 Å². The zero-order chi connectivity index (χ0) is 26.8. The molecule has 1 unspecified atom stereocenters. The third-order valence-corrected chi connectivity index (χ3v) is 13.1. The number of amides is 1. The molecule has 2 fully saturated rings. The van der Waals surface area contributed by atoms with Crippen LogP contribution < -0.4 is 15.1 Å². The van der Waals surface area contributed by atoms with Gasteiger partial charge in [-0.1, -0.05) is 45.5 Å². The summed E-state index contributed by atoms with van der Waals surface area (Å²) in [6.07, 6.45) is 2.45. The fraction of sp³-hybridized carbons (Fsp3) is 0.567. The van der Waals surface area contributed by atoms with E-state index in [0.29, 0.717) is 24.6 Å². The normalized spacial score (nSPS) is 21.9. The van der Waals surface area contributed by atoms with Crippen molar-refractivity contribution < 1.29 is 18.8 Å². The topological polar surface area (TPSA) is 48.0 Å². The first-order valence-corrected chi connectivity index (χ1v) is 16.4. The summed E-state index contributed by atoms with van der Waals surface area (Å²) in [7, 11) is -1.69. The maximum Gasteiger partial charge on any atom is 0.495 e.